The number of ether oxygens (including phenoxy) is 1. The van der Waals surface area contributed by atoms with Gasteiger partial charge in [-0.25, -0.2) is 0 Å². The molecule has 0 aliphatic rings. The maximum absolute atomic E-state index is 10.5. The summed E-state index contributed by atoms with van der Waals surface area (Å²) in [5.74, 6) is 0.285. The Bertz CT molecular complexity index is 564. The number of nitrogens with zero attached hydrogens (tertiary/aromatic N) is 2. The second kappa shape index (κ2) is 5.14. The van der Waals surface area contributed by atoms with E-state index >= 15 is 0 Å². The first-order valence-electron chi connectivity index (χ1n) is 4.23. The normalized spacial score (nSPS) is 9.06. The van der Waals surface area contributed by atoms with Crippen molar-refractivity contribution in [3.8, 4) is 11.9 Å². The van der Waals surface area contributed by atoms with Crippen molar-refractivity contribution in [2.75, 3.05) is 12.4 Å². The molecule has 0 atom stereocenters. The minimum atomic E-state index is -2.54. The maximum atomic E-state index is 10.5. The molecule has 7 heteroatoms. The van der Waals surface area contributed by atoms with Crippen LogP contribution >= 0.6 is 0 Å². The second-order valence-corrected chi connectivity index (χ2v) is 3.50. The van der Waals surface area contributed by atoms with Crippen molar-refractivity contribution in [2.24, 2.45) is 4.36 Å². The molecular formula is C9H9N3O3S. The lowest BCUT2D eigenvalue weighted by Gasteiger charge is -2.08. The zero-order valence-electron chi connectivity index (χ0n) is 8.68. The quantitative estimate of drug-likeness (QED) is 0.638. The van der Waals surface area contributed by atoms with Gasteiger partial charge >= 0.3 is 10.5 Å². The molecular weight excluding hydrogens is 230 g/mol. The third-order valence-corrected chi connectivity index (χ3v) is 2.24. The van der Waals surface area contributed by atoms with Gasteiger partial charge in [-0.15, -0.1) is 4.36 Å². The summed E-state index contributed by atoms with van der Waals surface area (Å²) in [5.41, 5.74) is 1.46. The molecule has 0 bridgehead atoms. The first-order valence-corrected chi connectivity index (χ1v) is 5.26. The molecule has 6 nitrogen and oxygen atoms in total. The number of nitriles is 1. The molecule has 0 spiro atoms. The second-order valence-electron chi connectivity index (χ2n) is 2.88. The molecule has 0 saturated heterocycles. The van der Waals surface area contributed by atoms with E-state index in [0.29, 0.717) is 11.3 Å². The van der Waals surface area contributed by atoms with Gasteiger partial charge in [-0.1, -0.05) is 0 Å². The molecule has 1 rings (SSSR count). The predicted octanol–water partition coefficient (Wildman–Crippen LogP) is 1.59. The molecule has 1 aromatic rings. The van der Waals surface area contributed by atoms with Crippen LogP contribution in [0.25, 0.3) is 0 Å². The van der Waals surface area contributed by atoms with E-state index in [1.165, 1.54) is 19.2 Å². The summed E-state index contributed by atoms with van der Waals surface area (Å²) in [6, 6.07) is 3.04. The molecule has 0 aliphatic heterocycles. The molecule has 0 amide bonds. The van der Waals surface area contributed by atoms with Gasteiger partial charge in [0.2, 0.25) is 0 Å². The van der Waals surface area contributed by atoms with Gasteiger partial charge in [-0.2, -0.15) is 13.7 Å². The Morgan fingerprint density at radius 3 is 2.69 bits per heavy atom. The summed E-state index contributed by atoms with van der Waals surface area (Å²) in [6.07, 6.45) is 1.78. The lowest BCUT2D eigenvalue weighted by Crippen LogP contribution is -1.93. The highest BCUT2D eigenvalue weighted by Crippen LogP contribution is 2.33. The van der Waals surface area contributed by atoms with E-state index in [2.05, 4.69) is 9.68 Å². The minimum Gasteiger partial charge on any atom is -0.494 e. The molecule has 0 saturated carbocycles. The van der Waals surface area contributed by atoms with E-state index in [9.17, 15) is 8.42 Å². The van der Waals surface area contributed by atoms with Crippen molar-refractivity contribution in [2.45, 2.75) is 6.92 Å². The lowest BCUT2D eigenvalue weighted by atomic mass is 10.1. The summed E-state index contributed by atoms with van der Waals surface area (Å²) in [5, 5.41) is 11.0. The zero-order valence-corrected chi connectivity index (χ0v) is 9.50. The number of nitrogens with one attached hydrogen (secondary N) is 1. The van der Waals surface area contributed by atoms with Gasteiger partial charge in [0, 0.05) is 6.07 Å². The highest BCUT2D eigenvalue weighted by atomic mass is 32.2. The van der Waals surface area contributed by atoms with Crippen molar-refractivity contribution in [3.63, 3.8) is 0 Å². The maximum Gasteiger partial charge on any atom is 0.316 e. The van der Waals surface area contributed by atoms with Crippen LogP contribution in [0.5, 0.6) is 5.75 Å². The predicted molar refractivity (Wildman–Crippen MR) is 58.0 cm³/mol. The van der Waals surface area contributed by atoms with Crippen molar-refractivity contribution in [3.05, 3.63) is 17.7 Å². The van der Waals surface area contributed by atoms with Crippen LogP contribution in [0.1, 0.15) is 5.56 Å². The minimum absolute atomic E-state index is 0.205. The van der Waals surface area contributed by atoms with E-state index in [-0.39, 0.29) is 11.4 Å². The molecule has 0 radical (unpaired) electrons. The van der Waals surface area contributed by atoms with Crippen molar-refractivity contribution >= 4 is 21.9 Å². The summed E-state index contributed by atoms with van der Waals surface area (Å²) in [7, 11) is -1.14. The summed E-state index contributed by atoms with van der Waals surface area (Å²) in [4.78, 5) is 0. The Kier molecular flexibility index (Phi) is 3.85. The molecule has 16 heavy (non-hydrogen) atoms. The summed E-state index contributed by atoms with van der Waals surface area (Å²) < 4.78 is 29.3. The SMILES string of the molecule is COc1cc(NC#N)c(C)cc1N=S(=O)=O. The van der Waals surface area contributed by atoms with Crippen LogP contribution in [0.3, 0.4) is 0 Å². The van der Waals surface area contributed by atoms with Crippen LogP contribution in [-0.2, 0) is 10.5 Å². The molecule has 0 fully saturated rings. The van der Waals surface area contributed by atoms with Crippen LogP contribution in [0.4, 0.5) is 11.4 Å². The number of hydrogen-bond donors (Lipinski definition) is 1. The van der Waals surface area contributed by atoms with E-state index < -0.39 is 10.5 Å². The monoisotopic (exact) mass is 239 g/mol. The van der Waals surface area contributed by atoms with Crippen molar-refractivity contribution in [1.82, 2.24) is 0 Å². The first-order chi connectivity index (χ1) is 7.58. The highest BCUT2D eigenvalue weighted by Gasteiger charge is 2.07. The van der Waals surface area contributed by atoms with Gasteiger partial charge in [-0.3, -0.25) is 5.32 Å². The van der Waals surface area contributed by atoms with Gasteiger partial charge < -0.3 is 4.74 Å². The van der Waals surface area contributed by atoms with Crippen LogP contribution in [0, 0.1) is 18.4 Å². The molecule has 0 unspecified atom stereocenters. The summed E-state index contributed by atoms with van der Waals surface area (Å²) in [6.45, 7) is 1.73. The van der Waals surface area contributed by atoms with E-state index in [1.807, 2.05) is 0 Å². The van der Waals surface area contributed by atoms with Crippen LogP contribution in [-0.4, -0.2) is 15.5 Å². The Labute approximate surface area is 94.2 Å². The van der Waals surface area contributed by atoms with Crippen LogP contribution in [0.2, 0.25) is 0 Å². The average molecular weight is 239 g/mol. The largest absolute Gasteiger partial charge is 0.494 e. The average Bonchev–Trinajstić information content (AvgIpc) is 2.21. The fourth-order valence-electron chi connectivity index (χ4n) is 1.18. The fraction of sp³-hybridized carbons (Fsp3) is 0.222. The number of anilines is 1. The molecule has 0 aliphatic carbocycles. The van der Waals surface area contributed by atoms with Gasteiger partial charge in [0.15, 0.2) is 6.19 Å². The molecule has 84 valence electrons. The van der Waals surface area contributed by atoms with E-state index in [0.717, 1.165) is 0 Å². The van der Waals surface area contributed by atoms with Gasteiger partial charge in [-0.05, 0) is 18.6 Å². The lowest BCUT2D eigenvalue weighted by molar-refractivity contribution is 0.416. The van der Waals surface area contributed by atoms with Crippen LogP contribution < -0.4 is 10.1 Å². The number of rotatable bonds is 3. The van der Waals surface area contributed by atoms with Gasteiger partial charge in [0.25, 0.3) is 0 Å². The molecule has 0 heterocycles. The number of benzene rings is 1. The number of methoxy groups -OCH3 is 1. The van der Waals surface area contributed by atoms with E-state index in [1.54, 1.807) is 13.1 Å². The van der Waals surface area contributed by atoms with Gasteiger partial charge in [0.05, 0.1) is 12.8 Å². The number of hydrogen-bond acceptors (Lipinski definition) is 6. The van der Waals surface area contributed by atoms with Crippen LogP contribution in [0.15, 0.2) is 16.5 Å². The third-order valence-electron chi connectivity index (χ3n) is 1.89. The smallest absolute Gasteiger partial charge is 0.316 e. The van der Waals surface area contributed by atoms with Crippen molar-refractivity contribution in [1.29, 1.82) is 5.26 Å². The molecule has 1 aromatic carbocycles. The Morgan fingerprint density at radius 1 is 1.50 bits per heavy atom. The van der Waals surface area contributed by atoms with Crippen molar-refractivity contribution < 1.29 is 13.2 Å². The molecule has 1 N–H and O–H groups in total. The highest BCUT2D eigenvalue weighted by molar-refractivity contribution is 7.61. The first kappa shape index (κ1) is 12.0. The Morgan fingerprint density at radius 2 is 2.19 bits per heavy atom. The standard InChI is InChI=1S/C9H9N3O3S/c1-6-3-8(12-16(13)14)9(15-2)4-7(6)11-5-10/h3-4,11H,1-2H3. The summed E-state index contributed by atoms with van der Waals surface area (Å²) >= 11 is 0. The zero-order chi connectivity index (χ0) is 12.1. The topological polar surface area (TPSA) is 91.5 Å². The fourth-order valence-corrected chi connectivity index (χ4v) is 1.49. The Hall–Kier alpha value is -2.07. The van der Waals surface area contributed by atoms with E-state index in [4.69, 9.17) is 10.00 Å². The van der Waals surface area contributed by atoms with Gasteiger partial charge in [0.1, 0.15) is 11.4 Å². The Balaban J connectivity index is 3.38. The third kappa shape index (κ3) is 2.71. The number of aryl methyl sites for hydroxylation is 1. The molecule has 0 aromatic heterocycles.